The lowest BCUT2D eigenvalue weighted by molar-refractivity contribution is -0.137. The van der Waals surface area contributed by atoms with E-state index in [2.05, 4.69) is 10.6 Å². The number of aliphatic carboxylic acids is 1. The van der Waals surface area contributed by atoms with Crippen molar-refractivity contribution in [3.8, 4) is 0 Å². The van der Waals surface area contributed by atoms with Gasteiger partial charge in [0.15, 0.2) is 0 Å². The molecule has 1 saturated carbocycles. The summed E-state index contributed by atoms with van der Waals surface area (Å²) in [6.45, 7) is 5.40. The van der Waals surface area contributed by atoms with E-state index >= 15 is 0 Å². The number of carboxylic acid groups (broad SMARTS) is 1. The highest BCUT2D eigenvalue weighted by Crippen LogP contribution is 2.28. The molecule has 0 heterocycles. The fourth-order valence-corrected chi connectivity index (χ4v) is 2.32. The van der Waals surface area contributed by atoms with Crippen LogP contribution in [0.15, 0.2) is 0 Å². The molecular formula is C15H28N2O3. The molecule has 0 atom stereocenters. The molecule has 0 unspecified atom stereocenters. The molecule has 116 valence electrons. The normalized spacial score (nSPS) is 15.5. The predicted octanol–water partition coefficient (Wildman–Crippen LogP) is 2.76. The molecule has 5 nitrogen and oxygen atoms in total. The molecule has 0 spiro atoms. The Balaban J connectivity index is 2.03. The summed E-state index contributed by atoms with van der Waals surface area (Å²) in [5.41, 5.74) is -0.0579. The molecule has 0 aromatic heterocycles. The lowest BCUT2D eigenvalue weighted by atomic mass is 9.83. The molecule has 5 heteroatoms. The van der Waals surface area contributed by atoms with Crippen LogP contribution in [-0.4, -0.2) is 30.2 Å². The van der Waals surface area contributed by atoms with Crippen LogP contribution in [0.25, 0.3) is 0 Å². The largest absolute Gasteiger partial charge is 0.481 e. The molecule has 3 N–H and O–H groups in total. The van der Waals surface area contributed by atoms with Gasteiger partial charge in [-0.2, -0.15) is 0 Å². The topological polar surface area (TPSA) is 78.4 Å². The van der Waals surface area contributed by atoms with Gasteiger partial charge in [0.1, 0.15) is 0 Å². The van der Waals surface area contributed by atoms with Crippen molar-refractivity contribution >= 4 is 12.0 Å². The third-order valence-electron chi connectivity index (χ3n) is 4.17. The Morgan fingerprint density at radius 1 is 1.15 bits per heavy atom. The van der Waals surface area contributed by atoms with E-state index in [0.717, 1.165) is 25.3 Å². The Morgan fingerprint density at radius 2 is 1.80 bits per heavy atom. The second kappa shape index (κ2) is 8.12. The quantitative estimate of drug-likeness (QED) is 0.609. The first-order chi connectivity index (χ1) is 9.39. The van der Waals surface area contributed by atoms with E-state index in [4.69, 9.17) is 5.11 Å². The second-order valence-corrected chi connectivity index (χ2v) is 6.58. The third-order valence-corrected chi connectivity index (χ3v) is 4.17. The van der Waals surface area contributed by atoms with Gasteiger partial charge < -0.3 is 15.7 Å². The zero-order valence-electron chi connectivity index (χ0n) is 12.7. The van der Waals surface area contributed by atoms with Crippen LogP contribution in [0, 0.1) is 11.3 Å². The van der Waals surface area contributed by atoms with Crippen LogP contribution in [0.1, 0.15) is 58.8 Å². The van der Waals surface area contributed by atoms with Crippen molar-refractivity contribution < 1.29 is 14.7 Å². The van der Waals surface area contributed by atoms with Crippen LogP contribution in [-0.2, 0) is 4.79 Å². The number of rotatable bonds is 9. The number of hydrogen-bond acceptors (Lipinski definition) is 2. The number of urea groups is 1. The van der Waals surface area contributed by atoms with Gasteiger partial charge in [-0.1, -0.05) is 33.1 Å². The first-order valence-corrected chi connectivity index (χ1v) is 7.62. The summed E-state index contributed by atoms with van der Waals surface area (Å²) >= 11 is 0. The molecule has 0 aromatic rings. The highest BCUT2D eigenvalue weighted by molar-refractivity contribution is 5.73. The van der Waals surface area contributed by atoms with E-state index in [1.165, 1.54) is 19.3 Å². The minimum Gasteiger partial charge on any atom is -0.481 e. The number of carbonyl (C=O) groups is 2. The van der Waals surface area contributed by atoms with E-state index in [1.54, 1.807) is 0 Å². The number of amides is 2. The second-order valence-electron chi connectivity index (χ2n) is 6.58. The number of carbonyl (C=O) groups excluding carboxylic acids is 1. The SMILES string of the molecule is CC(C)(CCNC(=O)NCCC1CCC1)CCC(=O)O. The molecule has 0 radical (unpaired) electrons. The number of carboxylic acids is 1. The van der Waals surface area contributed by atoms with Gasteiger partial charge >= 0.3 is 12.0 Å². The fraction of sp³-hybridized carbons (Fsp3) is 0.867. The van der Waals surface area contributed by atoms with Crippen molar-refractivity contribution in [2.45, 2.75) is 58.8 Å². The smallest absolute Gasteiger partial charge is 0.314 e. The standard InChI is InChI=1S/C15H28N2O3/c1-15(2,8-6-13(18)19)9-11-17-14(20)16-10-7-12-4-3-5-12/h12H,3-11H2,1-2H3,(H,18,19)(H2,16,17,20). The van der Waals surface area contributed by atoms with Crippen LogP contribution in [0.2, 0.25) is 0 Å². The van der Waals surface area contributed by atoms with E-state index in [1.807, 2.05) is 13.8 Å². The van der Waals surface area contributed by atoms with Crippen LogP contribution in [0.5, 0.6) is 0 Å². The highest BCUT2D eigenvalue weighted by atomic mass is 16.4. The first kappa shape index (κ1) is 16.8. The third kappa shape index (κ3) is 7.36. The van der Waals surface area contributed by atoms with E-state index in [0.29, 0.717) is 13.0 Å². The van der Waals surface area contributed by atoms with Crippen LogP contribution in [0.3, 0.4) is 0 Å². The Bertz CT molecular complexity index is 325. The van der Waals surface area contributed by atoms with Crippen molar-refractivity contribution in [2.24, 2.45) is 11.3 Å². The summed E-state index contributed by atoms with van der Waals surface area (Å²) in [5, 5.41) is 14.4. The fourth-order valence-electron chi connectivity index (χ4n) is 2.32. The Labute approximate surface area is 121 Å². The molecule has 0 aromatic carbocycles. The Kier molecular flexibility index (Phi) is 6.82. The summed E-state index contributed by atoms with van der Waals surface area (Å²) in [6, 6.07) is -0.113. The van der Waals surface area contributed by atoms with Gasteiger partial charge in [-0.15, -0.1) is 0 Å². The minimum absolute atomic E-state index is 0.0579. The average Bonchev–Trinajstić information content (AvgIpc) is 2.30. The van der Waals surface area contributed by atoms with Crippen molar-refractivity contribution in [2.75, 3.05) is 13.1 Å². The maximum absolute atomic E-state index is 11.6. The van der Waals surface area contributed by atoms with Gasteiger partial charge in [0.05, 0.1) is 0 Å². The molecule has 1 aliphatic carbocycles. The number of hydrogen-bond donors (Lipinski definition) is 3. The van der Waals surface area contributed by atoms with Crippen LogP contribution >= 0.6 is 0 Å². The highest BCUT2D eigenvalue weighted by Gasteiger charge is 2.19. The van der Waals surface area contributed by atoms with Crippen LogP contribution < -0.4 is 10.6 Å². The molecule has 0 bridgehead atoms. The maximum Gasteiger partial charge on any atom is 0.314 e. The summed E-state index contributed by atoms with van der Waals surface area (Å²) in [6.07, 6.45) is 6.63. The molecule has 1 rings (SSSR count). The summed E-state index contributed by atoms with van der Waals surface area (Å²) in [4.78, 5) is 22.1. The molecule has 1 aliphatic rings. The number of nitrogens with one attached hydrogen (secondary N) is 2. The van der Waals surface area contributed by atoms with Gasteiger partial charge in [-0.05, 0) is 30.6 Å². The molecule has 0 aliphatic heterocycles. The van der Waals surface area contributed by atoms with Crippen molar-refractivity contribution in [3.05, 3.63) is 0 Å². The monoisotopic (exact) mass is 284 g/mol. The Hall–Kier alpha value is -1.26. The molecule has 1 fully saturated rings. The molecular weight excluding hydrogens is 256 g/mol. The predicted molar refractivity (Wildman–Crippen MR) is 78.6 cm³/mol. The van der Waals surface area contributed by atoms with Gasteiger partial charge in [0.25, 0.3) is 0 Å². The Morgan fingerprint density at radius 3 is 2.35 bits per heavy atom. The van der Waals surface area contributed by atoms with Gasteiger partial charge in [0.2, 0.25) is 0 Å². The lowest BCUT2D eigenvalue weighted by Crippen LogP contribution is -2.38. The zero-order chi connectivity index (χ0) is 15.0. The van der Waals surface area contributed by atoms with Crippen molar-refractivity contribution in [1.29, 1.82) is 0 Å². The van der Waals surface area contributed by atoms with E-state index < -0.39 is 5.97 Å². The summed E-state index contributed by atoms with van der Waals surface area (Å²) < 4.78 is 0. The average molecular weight is 284 g/mol. The van der Waals surface area contributed by atoms with Gasteiger partial charge in [-0.3, -0.25) is 4.79 Å². The minimum atomic E-state index is -0.764. The molecule has 20 heavy (non-hydrogen) atoms. The van der Waals surface area contributed by atoms with Gasteiger partial charge in [-0.25, -0.2) is 4.79 Å². The van der Waals surface area contributed by atoms with Crippen molar-refractivity contribution in [3.63, 3.8) is 0 Å². The van der Waals surface area contributed by atoms with Gasteiger partial charge in [0, 0.05) is 19.5 Å². The maximum atomic E-state index is 11.6. The van der Waals surface area contributed by atoms with E-state index in [9.17, 15) is 9.59 Å². The first-order valence-electron chi connectivity index (χ1n) is 7.62. The molecule has 0 saturated heterocycles. The zero-order valence-corrected chi connectivity index (χ0v) is 12.7. The summed E-state index contributed by atoms with van der Waals surface area (Å²) in [5.74, 6) is 0.0463. The van der Waals surface area contributed by atoms with Crippen molar-refractivity contribution in [1.82, 2.24) is 10.6 Å². The van der Waals surface area contributed by atoms with Crippen LogP contribution in [0.4, 0.5) is 4.79 Å². The van der Waals surface area contributed by atoms with E-state index in [-0.39, 0.29) is 17.9 Å². The molecule has 2 amide bonds. The lowest BCUT2D eigenvalue weighted by Gasteiger charge is -2.25. The summed E-state index contributed by atoms with van der Waals surface area (Å²) in [7, 11) is 0.